The summed E-state index contributed by atoms with van der Waals surface area (Å²) in [6.07, 6.45) is 5.35. The normalized spacial score (nSPS) is 16.1. The van der Waals surface area contributed by atoms with E-state index in [4.69, 9.17) is 9.47 Å². The van der Waals surface area contributed by atoms with Gasteiger partial charge in [0.25, 0.3) is 5.91 Å². The third-order valence-electron chi connectivity index (χ3n) is 4.18. The van der Waals surface area contributed by atoms with E-state index in [-0.39, 0.29) is 11.9 Å². The number of methoxy groups -OCH3 is 2. The Morgan fingerprint density at radius 3 is 2.17 bits per heavy atom. The molecule has 24 heavy (non-hydrogen) atoms. The first-order valence-corrected chi connectivity index (χ1v) is 7.87. The Labute approximate surface area is 142 Å². The van der Waals surface area contributed by atoms with Gasteiger partial charge in [0.05, 0.1) is 14.2 Å². The molecule has 1 saturated heterocycles. The minimum absolute atomic E-state index is 0.171. The summed E-state index contributed by atoms with van der Waals surface area (Å²) in [5.74, 6) is 0.204. The summed E-state index contributed by atoms with van der Waals surface area (Å²) in [6.45, 7) is 8.07. The summed E-state index contributed by atoms with van der Waals surface area (Å²) in [4.78, 5) is 26.1. The molecule has 1 atom stereocenters. The number of allylic oxidation sites excluding steroid dienone is 2. The smallest absolute Gasteiger partial charge is 0.328 e. The second kappa shape index (κ2) is 7.81. The number of hydrogen-bond donors (Lipinski definition) is 0. The van der Waals surface area contributed by atoms with Crippen LogP contribution in [0, 0.1) is 0 Å². The van der Waals surface area contributed by atoms with Crippen LogP contribution in [0.2, 0.25) is 0 Å². The lowest BCUT2D eigenvalue weighted by Gasteiger charge is -2.38. The van der Waals surface area contributed by atoms with Gasteiger partial charge in [-0.2, -0.15) is 0 Å². The monoisotopic (exact) mass is 329 g/mol. The van der Waals surface area contributed by atoms with Crippen molar-refractivity contribution in [3.8, 4) is 5.75 Å². The molecule has 1 aliphatic rings. The molecule has 1 aromatic rings. The number of nitrogens with zero attached hydrogens (tertiary/aromatic N) is 1. The number of carbonyl (C=O) groups is 2. The first-order chi connectivity index (χ1) is 11.6. The number of rotatable bonds is 7. The van der Waals surface area contributed by atoms with Crippen LogP contribution in [-0.2, 0) is 22.4 Å². The molecule has 1 aromatic carbocycles. The maximum absolute atomic E-state index is 12.8. The van der Waals surface area contributed by atoms with E-state index >= 15 is 0 Å². The maximum Gasteiger partial charge on any atom is 0.328 e. The lowest BCUT2D eigenvalue weighted by molar-refractivity contribution is -0.149. The minimum Gasteiger partial charge on any atom is -0.496 e. The average Bonchev–Trinajstić information content (AvgIpc) is 2.54. The molecule has 0 N–H and O–H groups in total. The predicted molar refractivity (Wildman–Crippen MR) is 92.3 cm³/mol. The molecular weight excluding hydrogens is 306 g/mol. The minimum atomic E-state index is -0.490. The van der Waals surface area contributed by atoms with E-state index in [2.05, 4.69) is 13.2 Å². The number of carbonyl (C=O) groups excluding carboxylic acids is 2. The van der Waals surface area contributed by atoms with Crippen LogP contribution in [0.1, 0.15) is 27.9 Å². The largest absolute Gasteiger partial charge is 0.496 e. The number of ether oxygens (including phenoxy) is 2. The first-order valence-electron chi connectivity index (χ1n) is 7.87. The highest BCUT2D eigenvalue weighted by Gasteiger charge is 2.39. The van der Waals surface area contributed by atoms with E-state index in [0.29, 0.717) is 31.4 Å². The Morgan fingerprint density at radius 2 is 1.79 bits per heavy atom. The van der Waals surface area contributed by atoms with Gasteiger partial charge < -0.3 is 14.4 Å². The van der Waals surface area contributed by atoms with Crippen molar-refractivity contribution in [1.82, 2.24) is 4.90 Å². The van der Waals surface area contributed by atoms with Crippen molar-refractivity contribution in [1.29, 1.82) is 0 Å². The van der Waals surface area contributed by atoms with Crippen LogP contribution >= 0.6 is 0 Å². The SMILES string of the molecule is C=CCc1cc(C(=O)N2CCC2C(=O)OC)cc(CC=C)c1OC. The molecule has 0 bridgehead atoms. The van der Waals surface area contributed by atoms with Gasteiger partial charge in [0.15, 0.2) is 0 Å². The highest BCUT2D eigenvalue weighted by Crippen LogP contribution is 2.30. The van der Waals surface area contributed by atoms with Gasteiger partial charge in [-0.1, -0.05) is 12.2 Å². The number of esters is 1. The van der Waals surface area contributed by atoms with E-state index < -0.39 is 6.04 Å². The molecule has 5 nitrogen and oxygen atoms in total. The molecule has 1 heterocycles. The lowest BCUT2D eigenvalue weighted by atomic mass is 9.96. The first kappa shape index (κ1) is 17.8. The molecule has 1 aliphatic heterocycles. The van der Waals surface area contributed by atoms with Crippen LogP contribution in [0.4, 0.5) is 0 Å². The van der Waals surface area contributed by atoms with Crippen molar-refractivity contribution >= 4 is 11.9 Å². The Balaban J connectivity index is 2.38. The zero-order valence-electron chi connectivity index (χ0n) is 14.2. The molecule has 5 heteroatoms. The average molecular weight is 329 g/mol. The third-order valence-corrected chi connectivity index (χ3v) is 4.18. The van der Waals surface area contributed by atoms with Crippen molar-refractivity contribution < 1.29 is 19.1 Å². The topological polar surface area (TPSA) is 55.8 Å². The van der Waals surface area contributed by atoms with Crippen LogP contribution < -0.4 is 4.74 Å². The van der Waals surface area contributed by atoms with Gasteiger partial charge in [0, 0.05) is 12.1 Å². The Hall–Kier alpha value is -2.56. The van der Waals surface area contributed by atoms with E-state index in [1.165, 1.54) is 7.11 Å². The highest BCUT2D eigenvalue weighted by atomic mass is 16.5. The zero-order valence-corrected chi connectivity index (χ0v) is 14.2. The number of likely N-dealkylation sites (tertiary alicyclic amines) is 1. The molecule has 0 aromatic heterocycles. The number of hydrogen-bond acceptors (Lipinski definition) is 4. The summed E-state index contributed by atoms with van der Waals surface area (Å²) in [6, 6.07) is 3.12. The summed E-state index contributed by atoms with van der Waals surface area (Å²) in [7, 11) is 2.94. The summed E-state index contributed by atoms with van der Waals surface area (Å²) in [5.41, 5.74) is 2.33. The van der Waals surface area contributed by atoms with Gasteiger partial charge in [-0.3, -0.25) is 4.79 Å². The molecule has 0 radical (unpaired) electrons. The van der Waals surface area contributed by atoms with Crippen LogP contribution in [0.3, 0.4) is 0 Å². The fourth-order valence-electron chi connectivity index (χ4n) is 2.93. The van der Waals surface area contributed by atoms with Gasteiger partial charge in [-0.15, -0.1) is 13.2 Å². The van der Waals surface area contributed by atoms with Crippen molar-refractivity contribution in [2.24, 2.45) is 0 Å². The van der Waals surface area contributed by atoms with E-state index in [0.717, 1.165) is 16.9 Å². The molecule has 1 fully saturated rings. The standard InChI is InChI=1S/C19H23NO4/c1-5-7-13-11-15(12-14(8-6-2)17(13)23-3)18(21)20-10-9-16(20)19(22)24-4/h5-6,11-12,16H,1-2,7-10H2,3-4H3. The molecule has 0 aliphatic carbocycles. The molecule has 1 unspecified atom stereocenters. The third kappa shape index (κ3) is 3.35. The van der Waals surface area contributed by atoms with E-state index in [1.54, 1.807) is 24.2 Å². The van der Waals surface area contributed by atoms with Crippen molar-refractivity contribution in [2.45, 2.75) is 25.3 Å². The van der Waals surface area contributed by atoms with Gasteiger partial charge in [0.2, 0.25) is 0 Å². The van der Waals surface area contributed by atoms with Gasteiger partial charge in [0.1, 0.15) is 11.8 Å². The van der Waals surface area contributed by atoms with E-state index in [1.807, 2.05) is 12.1 Å². The summed E-state index contributed by atoms with van der Waals surface area (Å²) < 4.78 is 10.3. The maximum atomic E-state index is 12.8. The quantitative estimate of drug-likeness (QED) is 0.570. The highest BCUT2D eigenvalue weighted by molar-refractivity contribution is 5.98. The summed E-state index contributed by atoms with van der Waals surface area (Å²) in [5, 5.41) is 0. The van der Waals surface area contributed by atoms with Crippen LogP contribution in [0.5, 0.6) is 5.75 Å². The molecule has 0 spiro atoms. The molecule has 1 amide bonds. The molecule has 128 valence electrons. The predicted octanol–water partition coefficient (Wildman–Crippen LogP) is 2.54. The second-order valence-corrected chi connectivity index (χ2v) is 5.64. The molecular formula is C19H23NO4. The summed E-state index contributed by atoms with van der Waals surface area (Å²) >= 11 is 0. The van der Waals surface area contributed by atoms with Crippen molar-refractivity contribution in [2.75, 3.05) is 20.8 Å². The van der Waals surface area contributed by atoms with Crippen LogP contribution in [0.25, 0.3) is 0 Å². The van der Waals surface area contributed by atoms with Crippen LogP contribution in [-0.4, -0.2) is 43.6 Å². The lowest BCUT2D eigenvalue weighted by Crippen LogP contribution is -2.55. The van der Waals surface area contributed by atoms with Gasteiger partial charge >= 0.3 is 5.97 Å². The second-order valence-electron chi connectivity index (χ2n) is 5.64. The fourth-order valence-corrected chi connectivity index (χ4v) is 2.93. The van der Waals surface area contributed by atoms with Gasteiger partial charge in [-0.05, 0) is 42.5 Å². The Morgan fingerprint density at radius 1 is 1.21 bits per heavy atom. The number of amides is 1. The molecule has 0 saturated carbocycles. The Bertz CT molecular complexity index is 634. The van der Waals surface area contributed by atoms with E-state index in [9.17, 15) is 9.59 Å². The Kier molecular flexibility index (Phi) is 5.79. The van der Waals surface area contributed by atoms with Crippen LogP contribution in [0.15, 0.2) is 37.4 Å². The zero-order chi connectivity index (χ0) is 17.7. The molecule has 2 rings (SSSR count). The van der Waals surface area contributed by atoms with Crippen molar-refractivity contribution in [3.63, 3.8) is 0 Å². The number of benzene rings is 1. The van der Waals surface area contributed by atoms with Crippen molar-refractivity contribution in [3.05, 3.63) is 54.1 Å². The fraction of sp³-hybridized carbons (Fsp3) is 0.368. The van der Waals surface area contributed by atoms with Gasteiger partial charge in [-0.25, -0.2) is 4.79 Å².